The Kier molecular flexibility index (Phi) is 6.41. The fraction of sp³-hybridized carbons (Fsp3) is 0. The van der Waals surface area contributed by atoms with E-state index in [1.807, 2.05) is 0 Å². The Morgan fingerprint density at radius 2 is 1.15 bits per heavy atom. The van der Waals surface area contributed by atoms with Crippen molar-refractivity contribution in [3.63, 3.8) is 0 Å². The zero-order valence-electron chi connectivity index (χ0n) is 5.81. The first kappa shape index (κ1) is 13.0. The summed E-state index contributed by atoms with van der Waals surface area (Å²) in [6, 6.07) is 3.22. The lowest BCUT2D eigenvalue weighted by atomic mass is 10.7. The van der Waals surface area contributed by atoms with E-state index in [1.54, 1.807) is 12.1 Å². The molecule has 0 N–H and O–H groups in total. The van der Waals surface area contributed by atoms with Crippen LogP contribution in [-0.4, -0.2) is 0 Å². The molecule has 2 nitrogen and oxygen atoms in total. The molecule has 0 aromatic rings. The SMILES string of the molecule is N#CC(Cl)=C(Cl)SC(Cl)=C(Cl)C#N. The van der Waals surface area contributed by atoms with Crippen LogP contribution in [0.25, 0.3) is 0 Å². The van der Waals surface area contributed by atoms with Gasteiger partial charge in [-0.05, 0) is 0 Å². The Bertz CT molecular complexity index is 313. The number of allylic oxidation sites excluding steroid dienone is 2. The van der Waals surface area contributed by atoms with Crippen LogP contribution < -0.4 is 0 Å². The molecule has 0 aromatic heterocycles. The van der Waals surface area contributed by atoms with Crippen molar-refractivity contribution in [2.24, 2.45) is 0 Å². The van der Waals surface area contributed by atoms with Crippen molar-refractivity contribution in [3.8, 4) is 12.1 Å². The molecule has 0 unspecified atom stereocenters. The predicted molar refractivity (Wildman–Crippen MR) is 56.3 cm³/mol. The molecule has 0 amide bonds. The van der Waals surface area contributed by atoms with Crippen LogP contribution in [0.1, 0.15) is 0 Å². The van der Waals surface area contributed by atoms with Crippen LogP contribution in [0.3, 0.4) is 0 Å². The van der Waals surface area contributed by atoms with Gasteiger partial charge in [0.25, 0.3) is 0 Å². The molecule has 0 atom stereocenters. The van der Waals surface area contributed by atoms with Gasteiger partial charge in [0.05, 0.1) is 0 Å². The van der Waals surface area contributed by atoms with Gasteiger partial charge in [-0.25, -0.2) is 0 Å². The van der Waals surface area contributed by atoms with Gasteiger partial charge in [-0.15, -0.1) is 0 Å². The number of hydrogen-bond donors (Lipinski definition) is 0. The van der Waals surface area contributed by atoms with E-state index in [2.05, 4.69) is 0 Å². The van der Waals surface area contributed by atoms with Crippen LogP contribution >= 0.6 is 58.2 Å². The zero-order valence-corrected chi connectivity index (χ0v) is 9.65. The van der Waals surface area contributed by atoms with Gasteiger partial charge in [-0.3, -0.25) is 0 Å². The van der Waals surface area contributed by atoms with E-state index in [-0.39, 0.29) is 18.8 Å². The van der Waals surface area contributed by atoms with Gasteiger partial charge in [-0.1, -0.05) is 58.2 Å². The maximum atomic E-state index is 8.32. The third kappa shape index (κ3) is 4.67. The highest BCUT2D eigenvalue weighted by Crippen LogP contribution is 2.36. The van der Waals surface area contributed by atoms with E-state index < -0.39 is 0 Å². The van der Waals surface area contributed by atoms with Gasteiger partial charge in [0.15, 0.2) is 0 Å². The molecule has 0 saturated carbocycles. The van der Waals surface area contributed by atoms with Gasteiger partial charge in [0.1, 0.15) is 30.9 Å². The second-order valence-electron chi connectivity index (χ2n) is 1.50. The summed E-state index contributed by atoms with van der Waals surface area (Å²) in [5.41, 5.74) is 0. The highest BCUT2D eigenvalue weighted by molar-refractivity contribution is 8.09. The van der Waals surface area contributed by atoms with Crippen molar-refractivity contribution < 1.29 is 0 Å². The second kappa shape index (κ2) is 6.43. The van der Waals surface area contributed by atoms with E-state index >= 15 is 0 Å². The Labute approximate surface area is 99.3 Å². The molecular formula is C6Cl4N2S. The van der Waals surface area contributed by atoms with Gasteiger partial charge >= 0.3 is 0 Å². The van der Waals surface area contributed by atoms with Crippen LogP contribution in [0.15, 0.2) is 18.8 Å². The van der Waals surface area contributed by atoms with Crippen LogP contribution in [0.4, 0.5) is 0 Å². The molecule has 0 bridgehead atoms. The highest BCUT2D eigenvalue weighted by Gasteiger charge is 2.08. The lowest BCUT2D eigenvalue weighted by Crippen LogP contribution is -1.72. The van der Waals surface area contributed by atoms with Crippen molar-refractivity contribution in [1.82, 2.24) is 0 Å². The van der Waals surface area contributed by atoms with Crippen molar-refractivity contribution in [2.75, 3.05) is 0 Å². The summed E-state index contributed by atoms with van der Waals surface area (Å²) in [6.07, 6.45) is 0. The summed E-state index contributed by atoms with van der Waals surface area (Å²) in [4.78, 5) is 0. The summed E-state index contributed by atoms with van der Waals surface area (Å²) < 4.78 is -0.0508. The van der Waals surface area contributed by atoms with E-state index in [4.69, 9.17) is 56.9 Å². The molecule has 0 spiro atoms. The highest BCUT2D eigenvalue weighted by atomic mass is 35.5. The fourth-order valence-electron chi connectivity index (χ4n) is 0.256. The smallest absolute Gasteiger partial charge is 0.143 e. The summed E-state index contributed by atoms with van der Waals surface area (Å²) >= 11 is 22.5. The van der Waals surface area contributed by atoms with Gasteiger partial charge in [0.2, 0.25) is 0 Å². The van der Waals surface area contributed by atoms with Crippen molar-refractivity contribution in [1.29, 1.82) is 10.5 Å². The average molecular weight is 274 g/mol. The number of hydrogen-bond acceptors (Lipinski definition) is 3. The molecule has 0 radical (unpaired) electrons. The molecule has 0 heterocycles. The molecule has 0 aromatic carbocycles. The molecule has 0 fully saturated rings. The van der Waals surface area contributed by atoms with E-state index in [9.17, 15) is 0 Å². The number of nitrogens with zero attached hydrogens (tertiary/aromatic N) is 2. The molecule has 13 heavy (non-hydrogen) atoms. The third-order valence-electron chi connectivity index (χ3n) is 0.721. The maximum absolute atomic E-state index is 8.32. The molecule has 0 saturated heterocycles. The topological polar surface area (TPSA) is 47.6 Å². The van der Waals surface area contributed by atoms with Crippen LogP contribution in [0.5, 0.6) is 0 Å². The fourth-order valence-corrected chi connectivity index (χ4v) is 1.58. The first-order valence-corrected chi connectivity index (χ1v) is 4.94. The van der Waals surface area contributed by atoms with E-state index in [1.165, 1.54) is 0 Å². The Morgan fingerprint density at radius 3 is 1.38 bits per heavy atom. The Morgan fingerprint density at radius 1 is 0.846 bits per heavy atom. The predicted octanol–water partition coefficient (Wildman–Crippen LogP) is 4.06. The monoisotopic (exact) mass is 272 g/mol. The van der Waals surface area contributed by atoms with Crippen molar-refractivity contribution in [3.05, 3.63) is 18.8 Å². The van der Waals surface area contributed by atoms with Gasteiger partial charge in [-0.2, -0.15) is 10.5 Å². The van der Waals surface area contributed by atoms with Crippen molar-refractivity contribution in [2.45, 2.75) is 0 Å². The number of nitriles is 2. The van der Waals surface area contributed by atoms with Gasteiger partial charge < -0.3 is 0 Å². The minimum absolute atomic E-state index is 0.0254. The maximum Gasteiger partial charge on any atom is 0.143 e. The second-order valence-corrected chi connectivity index (χ2v) is 4.48. The average Bonchev–Trinajstić information content (AvgIpc) is 2.14. The number of thioether (sulfide) groups is 1. The third-order valence-corrected chi connectivity index (χ3v) is 3.29. The molecule has 0 aliphatic carbocycles. The largest absolute Gasteiger partial charge is 0.191 e. The molecule has 0 aliphatic rings. The Hall–Kier alpha value is -0.0300. The van der Waals surface area contributed by atoms with Crippen LogP contribution in [0.2, 0.25) is 0 Å². The first-order chi connectivity index (χ1) is 6.02. The molecule has 7 heteroatoms. The molecule has 0 rings (SSSR count). The first-order valence-electron chi connectivity index (χ1n) is 2.61. The summed E-state index contributed by atoms with van der Waals surface area (Å²) in [6.45, 7) is 0. The Balaban J connectivity index is 4.71. The molecule has 0 aliphatic heterocycles. The van der Waals surface area contributed by atoms with E-state index in [0.29, 0.717) is 0 Å². The lowest BCUT2D eigenvalue weighted by molar-refractivity contribution is 1.52. The quantitative estimate of drug-likeness (QED) is 0.713. The normalized spacial score (nSPS) is 13.7. The summed E-state index contributed by atoms with van der Waals surface area (Å²) in [5.74, 6) is 0. The van der Waals surface area contributed by atoms with Crippen LogP contribution in [-0.2, 0) is 0 Å². The standard InChI is InChI=1S/C6Cl4N2S/c7-3(1-11)5(9)13-6(10)4(8)2-12. The minimum atomic E-state index is -0.202. The van der Waals surface area contributed by atoms with Gasteiger partial charge in [0, 0.05) is 0 Å². The number of rotatable bonds is 2. The summed E-state index contributed by atoms with van der Waals surface area (Å²) in [7, 11) is 0. The zero-order chi connectivity index (χ0) is 10.4. The van der Waals surface area contributed by atoms with Crippen molar-refractivity contribution >= 4 is 58.2 Å². The molecule has 68 valence electrons. The minimum Gasteiger partial charge on any atom is -0.191 e. The molecular weight excluding hydrogens is 274 g/mol. The van der Waals surface area contributed by atoms with Crippen LogP contribution in [0, 0.1) is 22.7 Å². The van der Waals surface area contributed by atoms with E-state index in [0.717, 1.165) is 11.8 Å². The summed E-state index contributed by atoms with van der Waals surface area (Å²) in [5, 5.41) is 16.2. The number of halogens is 4. The lowest BCUT2D eigenvalue weighted by Gasteiger charge is -1.96.